The molecule has 5 N–H and O–H groups in total. The van der Waals surface area contributed by atoms with Crippen molar-refractivity contribution in [3.8, 4) is 0 Å². The molecule has 9 nitrogen and oxygen atoms in total. The van der Waals surface area contributed by atoms with Gasteiger partial charge in [-0.1, -0.05) is 48.5 Å². The number of aryl methyl sites for hydroxylation is 1. The second-order valence-corrected chi connectivity index (χ2v) is 12.1. The van der Waals surface area contributed by atoms with Crippen molar-refractivity contribution in [2.75, 3.05) is 18.2 Å². The van der Waals surface area contributed by atoms with Gasteiger partial charge in [0.2, 0.25) is 23.6 Å². The molecule has 1 aliphatic rings. The van der Waals surface area contributed by atoms with Crippen LogP contribution < -0.4 is 16.4 Å². The van der Waals surface area contributed by atoms with Crippen LogP contribution in [0.3, 0.4) is 0 Å². The van der Waals surface area contributed by atoms with E-state index in [2.05, 4.69) is 10.6 Å². The first-order valence-electron chi connectivity index (χ1n) is 13.7. The van der Waals surface area contributed by atoms with Gasteiger partial charge in [-0.3, -0.25) is 19.2 Å². The summed E-state index contributed by atoms with van der Waals surface area (Å²) in [5.74, 6) is -1.77. The fraction of sp³-hybridized carbons (Fsp3) is 0.400. The number of nitrogens with zero attached hydrogens (tertiary/aromatic N) is 1. The van der Waals surface area contributed by atoms with E-state index in [1.54, 1.807) is 11.3 Å². The Balaban J connectivity index is 1.43. The quantitative estimate of drug-likeness (QED) is 0.224. The van der Waals surface area contributed by atoms with Gasteiger partial charge < -0.3 is 26.4 Å². The van der Waals surface area contributed by atoms with Gasteiger partial charge in [-0.2, -0.15) is 0 Å². The fourth-order valence-electron chi connectivity index (χ4n) is 5.06. The molecule has 0 radical (unpaired) electrons. The molecule has 218 valence electrons. The lowest BCUT2D eigenvalue weighted by molar-refractivity contribution is -0.145. The Labute approximate surface area is 247 Å². The molecule has 2 aromatic carbocycles. The Kier molecular flexibility index (Phi) is 11.2. The number of nitrogens with one attached hydrogen (secondary N) is 2. The summed E-state index contributed by atoms with van der Waals surface area (Å²) >= 11 is 2.69. The summed E-state index contributed by atoms with van der Waals surface area (Å²) in [6, 6.07) is 15.0. The zero-order valence-electron chi connectivity index (χ0n) is 22.8. The number of thioether (sulfide) groups is 1. The number of hydrogen-bond acceptors (Lipinski definition) is 7. The highest BCUT2D eigenvalue weighted by Crippen LogP contribution is 2.21. The van der Waals surface area contributed by atoms with Crippen LogP contribution in [0.2, 0.25) is 0 Å². The van der Waals surface area contributed by atoms with Gasteiger partial charge in [0, 0.05) is 30.0 Å². The SMILES string of the molecule is NC(=O)[C@H](Cc1ccc2ccccc2c1)NC(=O)[C@@H]1CCCCN1C(=O)[C@H](CSCO)NC(=O)CCc1cccs1. The van der Waals surface area contributed by atoms with Crippen LogP contribution in [0.25, 0.3) is 10.8 Å². The highest BCUT2D eigenvalue weighted by Gasteiger charge is 2.37. The molecule has 0 bridgehead atoms. The number of primary amides is 1. The number of fused-ring (bicyclic) bond motifs is 1. The molecule has 1 fully saturated rings. The second-order valence-electron chi connectivity index (χ2n) is 10.1. The number of likely N-dealkylation sites (tertiary alicyclic amines) is 1. The van der Waals surface area contributed by atoms with Crippen molar-refractivity contribution in [1.29, 1.82) is 0 Å². The molecule has 3 aromatic rings. The van der Waals surface area contributed by atoms with Crippen LogP contribution in [-0.4, -0.2) is 70.0 Å². The van der Waals surface area contributed by atoms with Gasteiger partial charge >= 0.3 is 0 Å². The minimum Gasteiger partial charge on any atom is -0.386 e. The molecule has 4 amide bonds. The number of amides is 4. The number of thiophene rings is 1. The molecule has 1 aromatic heterocycles. The maximum Gasteiger partial charge on any atom is 0.246 e. The monoisotopic (exact) mass is 596 g/mol. The van der Waals surface area contributed by atoms with E-state index in [4.69, 9.17) is 5.73 Å². The number of piperidine rings is 1. The summed E-state index contributed by atoms with van der Waals surface area (Å²) in [7, 11) is 0. The third-order valence-electron chi connectivity index (χ3n) is 7.19. The predicted octanol–water partition coefficient (Wildman–Crippen LogP) is 2.60. The maximum atomic E-state index is 13.7. The largest absolute Gasteiger partial charge is 0.386 e. The first-order valence-corrected chi connectivity index (χ1v) is 15.8. The summed E-state index contributed by atoms with van der Waals surface area (Å²) in [5, 5.41) is 19.0. The Morgan fingerprint density at radius 2 is 1.83 bits per heavy atom. The van der Waals surface area contributed by atoms with E-state index in [0.29, 0.717) is 19.4 Å². The Hall–Kier alpha value is -3.41. The average molecular weight is 597 g/mol. The molecule has 1 saturated heterocycles. The van der Waals surface area contributed by atoms with Gasteiger partial charge in [-0.15, -0.1) is 23.1 Å². The van der Waals surface area contributed by atoms with Crippen LogP contribution >= 0.6 is 23.1 Å². The molecule has 0 unspecified atom stereocenters. The third-order valence-corrected chi connectivity index (χ3v) is 8.88. The number of rotatable bonds is 13. The van der Waals surface area contributed by atoms with Crippen LogP contribution in [0.5, 0.6) is 0 Å². The minimum atomic E-state index is -0.944. The lowest BCUT2D eigenvalue weighted by atomic mass is 9.98. The summed E-state index contributed by atoms with van der Waals surface area (Å²) in [6.07, 6.45) is 2.92. The van der Waals surface area contributed by atoms with E-state index in [1.165, 1.54) is 4.90 Å². The van der Waals surface area contributed by atoms with Gasteiger partial charge in [-0.05, 0) is 53.5 Å². The van der Waals surface area contributed by atoms with Crippen molar-refractivity contribution < 1.29 is 24.3 Å². The van der Waals surface area contributed by atoms with Crippen LogP contribution in [0.4, 0.5) is 0 Å². The van der Waals surface area contributed by atoms with Crippen LogP contribution in [0.1, 0.15) is 36.1 Å². The number of aliphatic hydroxyl groups is 1. The van der Waals surface area contributed by atoms with E-state index in [0.717, 1.165) is 45.8 Å². The molecule has 11 heteroatoms. The van der Waals surface area contributed by atoms with E-state index in [9.17, 15) is 24.3 Å². The highest BCUT2D eigenvalue weighted by atomic mass is 32.2. The molecule has 1 aliphatic heterocycles. The molecule has 41 heavy (non-hydrogen) atoms. The number of nitrogens with two attached hydrogens (primary N) is 1. The molecule has 4 rings (SSSR count). The number of carbonyl (C=O) groups is 4. The van der Waals surface area contributed by atoms with Crippen molar-refractivity contribution in [3.63, 3.8) is 0 Å². The van der Waals surface area contributed by atoms with Crippen LogP contribution in [0, 0.1) is 0 Å². The predicted molar refractivity (Wildman–Crippen MR) is 162 cm³/mol. The van der Waals surface area contributed by atoms with Crippen molar-refractivity contribution in [3.05, 3.63) is 70.4 Å². The normalized spacial score (nSPS) is 16.6. The van der Waals surface area contributed by atoms with E-state index in [-0.39, 0.29) is 36.3 Å². The molecular weight excluding hydrogens is 560 g/mol. The van der Waals surface area contributed by atoms with Gasteiger partial charge in [0.1, 0.15) is 18.1 Å². The van der Waals surface area contributed by atoms with Crippen molar-refractivity contribution in [2.45, 2.75) is 56.7 Å². The Morgan fingerprint density at radius 3 is 2.56 bits per heavy atom. The van der Waals surface area contributed by atoms with E-state index in [1.807, 2.05) is 60.0 Å². The van der Waals surface area contributed by atoms with Crippen molar-refractivity contribution in [1.82, 2.24) is 15.5 Å². The smallest absolute Gasteiger partial charge is 0.246 e. The number of aliphatic hydroxyl groups excluding tert-OH is 1. The first-order chi connectivity index (χ1) is 19.9. The molecule has 3 atom stereocenters. The Morgan fingerprint density at radius 1 is 1.02 bits per heavy atom. The van der Waals surface area contributed by atoms with Crippen LogP contribution in [0.15, 0.2) is 60.0 Å². The molecule has 0 saturated carbocycles. The number of hydrogen-bond donors (Lipinski definition) is 4. The zero-order chi connectivity index (χ0) is 29.2. The summed E-state index contributed by atoms with van der Waals surface area (Å²) in [5.41, 5.74) is 6.54. The third kappa shape index (κ3) is 8.54. The van der Waals surface area contributed by atoms with Gasteiger partial charge in [0.25, 0.3) is 0 Å². The average Bonchev–Trinajstić information content (AvgIpc) is 3.51. The standard InChI is InChI=1S/C30H36N4O5S2/c31-28(37)24(17-20-10-11-21-6-1-2-7-22(21)16-20)33-29(38)26-9-3-4-14-34(26)30(39)25(18-40-19-35)32-27(36)13-12-23-8-5-15-41-23/h1-2,5-8,10-11,15-16,24-26,35H,3-4,9,12-14,17-19H2,(H2,31,37)(H,32,36)(H,33,38)/t24-,25-,26-/m0/s1. The van der Waals surface area contributed by atoms with Gasteiger partial charge in [-0.25, -0.2) is 0 Å². The zero-order valence-corrected chi connectivity index (χ0v) is 24.4. The summed E-state index contributed by atoms with van der Waals surface area (Å²) in [4.78, 5) is 54.8. The molecular formula is C30H36N4O5S2. The highest BCUT2D eigenvalue weighted by molar-refractivity contribution is 7.99. The van der Waals surface area contributed by atoms with Crippen LogP contribution in [-0.2, 0) is 32.0 Å². The maximum absolute atomic E-state index is 13.7. The number of benzene rings is 2. The van der Waals surface area contributed by atoms with Gasteiger partial charge in [0.05, 0.1) is 5.94 Å². The van der Waals surface area contributed by atoms with E-state index < -0.39 is 29.9 Å². The molecule has 0 aliphatic carbocycles. The summed E-state index contributed by atoms with van der Waals surface area (Å²) < 4.78 is 0. The van der Waals surface area contributed by atoms with E-state index >= 15 is 0 Å². The lowest BCUT2D eigenvalue weighted by Gasteiger charge is -2.37. The minimum absolute atomic E-state index is 0.177. The second kappa shape index (κ2) is 15.0. The first kappa shape index (κ1) is 30.5. The molecule has 0 spiro atoms. The topological polar surface area (TPSA) is 142 Å². The summed E-state index contributed by atoms with van der Waals surface area (Å²) in [6.45, 7) is 0.355. The Bertz CT molecular complexity index is 1350. The van der Waals surface area contributed by atoms with Crippen molar-refractivity contribution >= 4 is 57.5 Å². The van der Waals surface area contributed by atoms with Gasteiger partial charge in [0.15, 0.2) is 0 Å². The fourth-order valence-corrected chi connectivity index (χ4v) is 6.34. The van der Waals surface area contributed by atoms with Crippen molar-refractivity contribution in [2.24, 2.45) is 5.73 Å². The number of carbonyl (C=O) groups excluding carboxylic acids is 4. The lowest BCUT2D eigenvalue weighted by Crippen LogP contribution is -2.60. The molecule has 2 heterocycles.